The second kappa shape index (κ2) is 24.6. The van der Waals surface area contributed by atoms with Gasteiger partial charge in [0.05, 0.1) is 13.1 Å². The van der Waals surface area contributed by atoms with E-state index in [1.165, 1.54) is 0 Å². The number of fused-ring (bicyclic) bond motifs is 1. The quantitative estimate of drug-likeness (QED) is 0.140. The number of aromatic amines is 1. The summed E-state index contributed by atoms with van der Waals surface area (Å²) < 4.78 is 0. The molecular weight excluding hydrogens is 771 g/mol. The first-order valence-corrected chi connectivity index (χ1v) is 22.6. The summed E-state index contributed by atoms with van der Waals surface area (Å²) >= 11 is 0. The van der Waals surface area contributed by atoms with Gasteiger partial charge in [-0.05, 0) is 68.2 Å². The van der Waals surface area contributed by atoms with Crippen LogP contribution in [0.3, 0.4) is 0 Å². The molecule has 3 heterocycles. The van der Waals surface area contributed by atoms with Crippen LogP contribution in [0.15, 0.2) is 60.9 Å². The molecule has 0 saturated carbocycles. The third kappa shape index (κ3) is 14.4. The molecule has 61 heavy (non-hydrogen) atoms. The van der Waals surface area contributed by atoms with E-state index in [1.807, 2.05) is 67.3 Å². The van der Waals surface area contributed by atoms with Gasteiger partial charge in [-0.25, -0.2) is 4.98 Å². The van der Waals surface area contributed by atoms with E-state index >= 15 is 0 Å². The summed E-state index contributed by atoms with van der Waals surface area (Å²) in [5.41, 5.74) is 3.23. The molecule has 15 nitrogen and oxygen atoms in total. The molecule has 4 amide bonds. The topological polar surface area (TPSA) is 152 Å². The highest BCUT2D eigenvalue weighted by molar-refractivity contribution is 5.95. The number of anilines is 1. The number of imidazole rings is 1. The first-order valence-electron chi connectivity index (χ1n) is 22.6. The number of carbonyl (C=O) groups excluding carboxylic acids is 4. The SMILES string of the molecule is CC[C@H](NC(=O)CN1CCN(CC)CCN(CC)CCN(CC)CC1)C(=O)NCCCN1Cc2cc(C(=O)N(Cc3ccccc3)Cc3ncc[nH]3)ccc2N[C@@H](CC)C1=O. The Bertz CT molecular complexity index is 1790. The molecule has 1 fully saturated rings. The van der Waals surface area contributed by atoms with Gasteiger partial charge in [0.15, 0.2) is 0 Å². The fraction of sp³-hybridized carbons (Fsp3) is 0.587. The van der Waals surface area contributed by atoms with Crippen molar-refractivity contribution in [2.45, 2.75) is 85.6 Å². The molecule has 3 aromatic rings. The van der Waals surface area contributed by atoms with Gasteiger partial charge in [0.25, 0.3) is 5.91 Å². The lowest BCUT2D eigenvalue weighted by atomic mass is 10.1. The Morgan fingerprint density at radius 3 is 2.05 bits per heavy atom. The number of hydrogen-bond acceptors (Lipinski definition) is 10. The van der Waals surface area contributed by atoms with Crippen LogP contribution in [0.1, 0.15) is 81.2 Å². The summed E-state index contributed by atoms with van der Waals surface area (Å²) in [5, 5.41) is 9.44. The standard InChI is InChI=1S/C46H71N11O4/c1-6-39(51-43(58)35-55-29-27-53(9-4)25-23-52(8-3)24-26-54(10-5)28-30-55)44(59)49-19-14-22-56-33-38-31-37(17-18-41(38)50-40(7-2)46(56)61)45(60)57(34-42-47-20-21-48-42)32-36-15-12-11-13-16-36/h11-13,15-18,20-21,31,39-40,50H,6-10,14,19,22-30,32-35H2,1-5H3,(H,47,48)(H,49,59)(H,51,58)/t39-,40-/m0/s1. The number of nitrogens with one attached hydrogen (secondary N) is 4. The van der Waals surface area contributed by atoms with E-state index in [1.54, 1.807) is 17.3 Å². The molecule has 4 N–H and O–H groups in total. The fourth-order valence-electron chi connectivity index (χ4n) is 8.05. The molecule has 1 aromatic heterocycles. The molecule has 334 valence electrons. The Morgan fingerprint density at radius 2 is 1.48 bits per heavy atom. The van der Waals surface area contributed by atoms with Crippen molar-refractivity contribution in [3.8, 4) is 0 Å². The molecule has 0 unspecified atom stereocenters. The van der Waals surface area contributed by atoms with Crippen LogP contribution >= 0.6 is 0 Å². The molecule has 0 spiro atoms. The zero-order valence-electron chi connectivity index (χ0n) is 37.3. The van der Waals surface area contributed by atoms with Crippen LogP contribution in [-0.2, 0) is 34.0 Å². The van der Waals surface area contributed by atoms with Crippen molar-refractivity contribution in [1.82, 2.24) is 50.0 Å². The number of carbonyl (C=O) groups is 4. The molecule has 5 rings (SSSR count). The predicted octanol–water partition coefficient (Wildman–Crippen LogP) is 3.47. The number of benzene rings is 2. The lowest BCUT2D eigenvalue weighted by molar-refractivity contribution is -0.132. The third-order valence-electron chi connectivity index (χ3n) is 12.1. The highest BCUT2D eigenvalue weighted by Crippen LogP contribution is 2.27. The maximum atomic E-state index is 14.1. The van der Waals surface area contributed by atoms with Gasteiger partial charge < -0.3 is 45.4 Å². The van der Waals surface area contributed by atoms with Crippen molar-refractivity contribution < 1.29 is 19.2 Å². The Balaban J connectivity index is 1.16. The van der Waals surface area contributed by atoms with Crippen molar-refractivity contribution in [2.24, 2.45) is 0 Å². The summed E-state index contributed by atoms with van der Waals surface area (Å²) in [6.07, 6.45) is 5.02. The number of aromatic nitrogens is 2. The molecule has 2 aliphatic heterocycles. The van der Waals surface area contributed by atoms with Crippen LogP contribution in [0.25, 0.3) is 0 Å². The maximum absolute atomic E-state index is 14.1. The van der Waals surface area contributed by atoms with Crippen molar-refractivity contribution in [1.29, 1.82) is 0 Å². The lowest BCUT2D eigenvalue weighted by Gasteiger charge is -2.33. The van der Waals surface area contributed by atoms with Crippen LogP contribution in [0.5, 0.6) is 0 Å². The molecule has 2 aromatic carbocycles. The Kier molecular flexibility index (Phi) is 19.0. The number of likely N-dealkylation sites (N-methyl/N-ethyl adjacent to an activating group) is 3. The lowest BCUT2D eigenvalue weighted by Crippen LogP contribution is -2.51. The number of hydrogen-bond donors (Lipinski definition) is 4. The molecular formula is C46H71N11O4. The van der Waals surface area contributed by atoms with Crippen LogP contribution in [0.2, 0.25) is 0 Å². The second-order valence-electron chi connectivity index (χ2n) is 16.2. The van der Waals surface area contributed by atoms with Crippen molar-refractivity contribution in [3.63, 3.8) is 0 Å². The minimum atomic E-state index is -0.648. The summed E-state index contributed by atoms with van der Waals surface area (Å²) in [7, 11) is 0. The molecule has 0 radical (unpaired) electrons. The average molecular weight is 842 g/mol. The molecule has 0 aliphatic carbocycles. The van der Waals surface area contributed by atoms with E-state index < -0.39 is 12.1 Å². The van der Waals surface area contributed by atoms with Crippen molar-refractivity contribution in [3.05, 3.63) is 83.4 Å². The van der Waals surface area contributed by atoms with E-state index in [0.29, 0.717) is 63.4 Å². The zero-order chi connectivity index (χ0) is 43.6. The summed E-state index contributed by atoms with van der Waals surface area (Å²) in [5.74, 6) is 0.169. The van der Waals surface area contributed by atoms with Gasteiger partial charge in [0, 0.05) is 102 Å². The normalized spacial score (nSPS) is 18.2. The highest BCUT2D eigenvalue weighted by Gasteiger charge is 2.29. The molecule has 1 saturated heterocycles. The van der Waals surface area contributed by atoms with Crippen LogP contribution in [0.4, 0.5) is 5.69 Å². The Morgan fingerprint density at radius 1 is 0.836 bits per heavy atom. The van der Waals surface area contributed by atoms with Gasteiger partial charge in [-0.2, -0.15) is 0 Å². The van der Waals surface area contributed by atoms with E-state index in [0.717, 1.165) is 88.8 Å². The number of nitrogens with zero attached hydrogens (tertiary/aromatic N) is 7. The molecule has 0 bridgehead atoms. The minimum absolute atomic E-state index is 0.0195. The fourth-order valence-corrected chi connectivity index (χ4v) is 8.05. The van der Waals surface area contributed by atoms with Crippen molar-refractivity contribution in [2.75, 3.05) is 96.9 Å². The van der Waals surface area contributed by atoms with Crippen LogP contribution < -0.4 is 16.0 Å². The van der Waals surface area contributed by atoms with E-state index in [9.17, 15) is 19.2 Å². The van der Waals surface area contributed by atoms with Gasteiger partial charge >= 0.3 is 0 Å². The summed E-state index contributed by atoms with van der Waals surface area (Å²) in [4.78, 5) is 75.4. The minimum Gasteiger partial charge on any atom is -0.373 e. The number of H-pyrrole nitrogens is 1. The van der Waals surface area contributed by atoms with Gasteiger partial charge in [-0.15, -0.1) is 0 Å². The summed E-state index contributed by atoms with van der Waals surface area (Å²) in [6.45, 7) is 23.0. The third-order valence-corrected chi connectivity index (χ3v) is 12.1. The summed E-state index contributed by atoms with van der Waals surface area (Å²) in [6, 6.07) is 14.4. The van der Waals surface area contributed by atoms with E-state index in [2.05, 4.69) is 66.3 Å². The Hall–Kier alpha value is -4.83. The Labute approximate surface area is 363 Å². The first-order chi connectivity index (χ1) is 29.6. The zero-order valence-corrected chi connectivity index (χ0v) is 37.3. The van der Waals surface area contributed by atoms with Gasteiger partial charge in [0.2, 0.25) is 17.7 Å². The van der Waals surface area contributed by atoms with E-state index in [4.69, 9.17) is 0 Å². The smallest absolute Gasteiger partial charge is 0.254 e. The van der Waals surface area contributed by atoms with Crippen LogP contribution in [0, 0.1) is 0 Å². The molecule has 15 heteroatoms. The first kappa shape index (κ1) is 47.2. The van der Waals surface area contributed by atoms with Gasteiger partial charge in [-0.3, -0.25) is 24.1 Å². The number of rotatable bonds is 18. The monoisotopic (exact) mass is 842 g/mol. The average Bonchev–Trinajstić information content (AvgIpc) is 3.75. The highest BCUT2D eigenvalue weighted by atomic mass is 16.2. The molecule has 2 aliphatic rings. The van der Waals surface area contributed by atoms with Crippen molar-refractivity contribution >= 4 is 29.3 Å². The van der Waals surface area contributed by atoms with Gasteiger partial charge in [0.1, 0.15) is 17.9 Å². The predicted molar refractivity (Wildman–Crippen MR) is 241 cm³/mol. The largest absolute Gasteiger partial charge is 0.373 e. The van der Waals surface area contributed by atoms with Gasteiger partial charge in [-0.1, -0.05) is 65.0 Å². The van der Waals surface area contributed by atoms with Crippen LogP contribution in [-0.4, -0.2) is 167 Å². The second-order valence-corrected chi connectivity index (χ2v) is 16.2. The molecule has 2 atom stereocenters. The maximum Gasteiger partial charge on any atom is 0.254 e. The van der Waals surface area contributed by atoms with E-state index in [-0.39, 0.29) is 30.2 Å². The number of amides is 4.